The van der Waals surface area contributed by atoms with Crippen LogP contribution in [0.4, 0.5) is 31.5 Å². The molecule has 0 radical (unpaired) electrons. The van der Waals surface area contributed by atoms with E-state index in [9.17, 15) is 24.6 Å². The second-order valence-electron chi connectivity index (χ2n) is 17.8. The molecule has 1 saturated heterocycles. The van der Waals surface area contributed by atoms with Gasteiger partial charge in [0.2, 0.25) is 11.6 Å². The predicted octanol–water partition coefficient (Wildman–Crippen LogP) is 18.4. The van der Waals surface area contributed by atoms with Crippen molar-refractivity contribution in [2.24, 2.45) is 0 Å². The first kappa shape index (κ1) is 56.4. The molecule has 1 aliphatic heterocycles. The van der Waals surface area contributed by atoms with E-state index in [1.54, 1.807) is 36.4 Å². The van der Waals surface area contributed by atoms with Crippen molar-refractivity contribution in [2.75, 3.05) is 24.7 Å². The summed E-state index contributed by atoms with van der Waals surface area (Å²) in [6, 6.07) is 70.0. The summed E-state index contributed by atoms with van der Waals surface area (Å²) in [5.74, 6) is -1.70. The zero-order chi connectivity index (χ0) is 54.3. The van der Waals surface area contributed by atoms with Crippen molar-refractivity contribution in [3.8, 4) is 77.9 Å². The summed E-state index contributed by atoms with van der Waals surface area (Å²) in [5.41, 5.74) is 24.8. The van der Waals surface area contributed by atoms with E-state index in [1.807, 2.05) is 153 Å². The minimum absolute atomic E-state index is 0. The molecule has 10 aromatic carbocycles. The Morgan fingerprint density at radius 2 is 0.705 bits per heavy atom. The third-order valence-electron chi connectivity index (χ3n) is 12.9. The highest BCUT2D eigenvalue weighted by atomic mass is 35.5. The SMILES string of the molecule is C.C1CCOC1.Cc1cccc(-c2ccccc2)c1N.Nc1c(-c2ccccc2)cccc1-c1ccccc1-c1ccccc1-c1cccc([N+](=O)[O-])c1F.O=[N+]([O-])c1cccc(-c2ccccc2-c2ccccc2Cl)c1F. The second kappa shape index (κ2) is 27.0. The van der Waals surface area contributed by atoms with Gasteiger partial charge in [-0.05, 0) is 75.9 Å². The lowest BCUT2D eigenvalue weighted by atomic mass is 9.87. The summed E-state index contributed by atoms with van der Waals surface area (Å²) in [4.78, 5) is 20.9. The molecule has 9 nitrogen and oxygen atoms in total. The standard InChI is InChI=1S/C30H21FN2O2.C18H11ClFNO2.C13H13N.C4H8O.CH4/c31-29-26(17-9-19-28(29)33(34)35)24-14-6-4-12-22(24)23-13-5-7-15-25(23)27-18-8-16-21(30(27)32)20-10-2-1-3-11-20;19-16-10-4-3-8-14(16)12-6-1-2-7-13(12)15-9-5-11-17(18(15)20)21(22)23;1-10-6-5-9-12(13(10)14)11-7-3-2-4-8-11;1-2-4-5-3-1;/h1-19H,32H2;1-11H;2-9H,14H2,1H3;1-4H2;1H4. The molecule has 10 aromatic rings. The molecule has 0 atom stereocenters. The Balaban J connectivity index is 0.000000175. The molecule has 11 rings (SSSR count). The zero-order valence-electron chi connectivity index (χ0n) is 42.0. The Morgan fingerprint density at radius 3 is 1.12 bits per heavy atom. The predicted molar refractivity (Wildman–Crippen MR) is 316 cm³/mol. The van der Waals surface area contributed by atoms with Crippen molar-refractivity contribution in [3.63, 3.8) is 0 Å². The molecular weight excluding hydrogens is 1000 g/mol. The maximum absolute atomic E-state index is 15.2. The maximum Gasteiger partial charge on any atom is 0.305 e. The summed E-state index contributed by atoms with van der Waals surface area (Å²) >= 11 is 6.24. The number of hydrogen-bond acceptors (Lipinski definition) is 7. The van der Waals surface area contributed by atoms with E-state index in [0.29, 0.717) is 21.8 Å². The lowest BCUT2D eigenvalue weighted by molar-refractivity contribution is -0.387. The summed E-state index contributed by atoms with van der Waals surface area (Å²) < 4.78 is 34.6. The molecule has 0 aromatic heterocycles. The van der Waals surface area contributed by atoms with Gasteiger partial charge in [0.15, 0.2) is 0 Å². The molecule has 0 unspecified atom stereocenters. The summed E-state index contributed by atoms with van der Waals surface area (Å²) in [6.45, 7) is 4.03. The highest BCUT2D eigenvalue weighted by molar-refractivity contribution is 6.33. The Kier molecular flexibility index (Phi) is 19.5. The molecule has 12 heteroatoms. The Hall–Kier alpha value is -9.29. The monoisotopic (exact) mass is 1060 g/mol. The van der Waals surface area contributed by atoms with Gasteiger partial charge in [-0.3, -0.25) is 20.2 Å². The number of rotatable bonds is 9. The van der Waals surface area contributed by atoms with Crippen LogP contribution in [0.5, 0.6) is 0 Å². The van der Waals surface area contributed by atoms with Gasteiger partial charge in [0, 0.05) is 75.1 Å². The number of nitrogens with two attached hydrogens (primary N) is 2. The van der Waals surface area contributed by atoms with Crippen LogP contribution in [0.3, 0.4) is 0 Å². The van der Waals surface area contributed by atoms with Crippen LogP contribution in [0.15, 0.2) is 231 Å². The molecule has 1 heterocycles. The van der Waals surface area contributed by atoms with Crippen LogP contribution in [0.2, 0.25) is 5.02 Å². The largest absolute Gasteiger partial charge is 0.398 e. The number of nitro benzene ring substituents is 2. The van der Waals surface area contributed by atoms with Crippen LogP contribution >= 0.6 is 11.6 Å². The molecule has 392 valence electrons. The number of benzene rings is 10. The number of nitrogens with zero attached hydrogens (tertiary/aromatic N) is 2. The molecule has 0 bridgehead atoms. The van der Waals surface area contributed by atoms with Crippen LogP contribution in [-0.2, 0) is 4.74 Å². The van der Waals surface area contributed by atoms with Gasteiger partial charge in [-0.1, -0.05) is 231 Å². The van der Waals surface area contributed by atoms with Crippen LogP contribution < -0.4 is 11.5 Å². The van der Waals surface area contributed by atoms with Crippen molar-refractivity contribution < 1.29 is 23.4 Å². The van der Waals surface area contributed by atoms with Gasteiger partial charge in [0.1, 0.15) is 0 Å². The first-order chi connectivity index (χ1) is 37.4. The Labute approximate surface area is 458 Å². The van der Waals surface area contributed by atoms with Gasteiger partial charge in [-0.25, -0.2) is 0 Å². The van der Waals surface area contributed by atoms with Gasteiger partial charge in [-0.2, -0.15) is 8.78 Å². The fourth-order valence-electron chi connectivity index (χ4n) is 9.01. The van der Waals surface area contributed by atoms with E-state index in [0.717, 1.165) is 80.6 Å². The Bertz CT molecular complexity index is 3660. The minimum Gasteiger partial charge on any atom is -0.398 e. The van der Waals surface area contributed by atoms with Crippen LogP contribution in [0.25, 0.3) is 77.9 Å². The van der Waals surface area contributed by atoms with Crippen LogP contribution in [0, 0.1) is 38.8 Å². The van der Waals surface area contributed by atoms with Gasteiger partial charge < -0.3 is 16.2 Å². The van der Waals surface area contributed by atoms with E-state index in [-0.39, 0.29) is 18.6 Å². The molecule has 0 aliphatic carbocycles. The minimum atomic E-state index is -0.854. The summed E-state index contributed by atoms with van der Waals surface area (Å²) in [6.07, 6.45) is 2.56. The van der Waals surface area contributed by atoms with Gasteiger partial charge in [0.05, 0.1) is 9.85 Å². The first-order valence-corrected chi connectivity index (χ1v) is 25.1. The quantitative estimate of drug-likeness (QED) is 0.0831. The van der Waals surface area contributed by atoms with E-state index in [4.69, 9.17) is 27.8 Å². The van der Waals surface area contributed by atoms with Crippen LogP contribution in [0.1, 0.15) is 25.8 Å². The van der Waals surface area contributed by atoms with E-state index < -0.39 is 32.9 Å². The van der Waals surface area contributed by atoms with Gasteiger partial charge >= 0.3 is 11.4 Å². The lowest BCUT2D eigenvalue weighted by Crippen LogP contribution is -1.97. The summed E-state index contributed by atoms with van der Waals surface area (Å²) in [5, 5.41) is 22.8. The number of para-hydroxylation sites is 2. The fourth-order valence-corrected chi connectivity index (χ4v) is 9.24. The number of halogens is 3. The topological polar surface area (TPSA) is 148 Å². The lowest BCUT2D eigenvalue weighted by Gasteiger charge is -2.17. The maximum atomic E-state index is 15.2. The van der Waals surface area contributed by atoms with E-state index >= 15 is 4.39 Å². The average Bonchev–Trinajstić information content (AvgIpc) is 4.06. The second-order valence-corrected chi connectivity index (χ2v) is 18.2. The van der Waals surface area contributed by atoms with Crippen molar-refractivity contribution in [2.45, 2.75) is 27.2 Å². The number of nitrogen functional groups attached to an aromatic ring is 2. The van der Waals surface area contributed by atoms with Gasteiger partial charge in [-0.15, -0.1) is 0 Å². The number of nitro groups is 2. The molecule has 1 fully saturated rings. The van der Waals surface area contributed by atoms with E-state index in [1.165, 1.54) is 42.7 Å². The summed E-state index contributed by atoms with van der Waals surface area (Å²) in [7, 11) is 0. The molecule has 78 heavy (non-hydrogen) atoms. The highest BCUT2D eigenvalue weighted by Gasteiger charge is 2.23. The number of ether oxygens (including phenoxy) is 1. The smallest absolute Gasteiger partial charge is 0.305 e. The third kappa shape index (κ3) is 13.2. The average molecular weight is 1060 g/mol. The van der Waals surface area contributed by atoms with Crippen molar-refractivity contribution in [3.05, 3.63) is 273 Å². The van der Waals surface area contributed by atoms with Crippen molar-refractivity contribution in [1.82, 2.24) is 0 Å². The highest BCUT2D eigenvalue weighted by Crippen LogP contribution is 2.44. The molecule has 0 saturated carbocycles. The third-order valence-corrected chi connectivity index (χ3v) is 13.2. The van der Waals surface area contributed by atoms with E-state index in [2.05, 4.69) is 18.2 Å². The fraction of sp³-hybridized carbons (Fsp3) is 0.0909. The number of hydrogen-bond donors (Lipinski definition) is 2. The van der Waals surface area contributed by atoms with Crippen LogP contribution in [-0.4, -0.2) is 23.1 Å². The normalized spacial score (nSPS) is 11.3. The zero-order valence-corrected chi connectivity index (χ0v) is 42.7. The number of aryl methyl sites for hydroxylation is 1. The molecule has 0 spiro atoms. The van der Waals surface area contributed by atoms with Crippen molar-refractivity contribution >= 4 is 34.4 Å². The first-order valence-electron chi connectivity index (χ1n) is 24.8. The number of anilines is 2. The van der Waals surface area contributed by atoms with Crippen molar-refractivity contribution in [1.29, 1.82) is 0 Å². The molecular formula is C66H57ClF2N4O5. The van der Waals surface area contributed by atoms with Gasteiger partial charge in [0.25, 0.3) is 0 Å². The molecule has 4 N–H and O–H groups in total. The molecule has 0 amide bonds. The molecule has 1 aliphatic rings. The Morgan fingerprint density at radius 1 is 0.397 bits per heavy atom.